The monoisotopic (exact) mass is 287 g/mol. The highest BCUT2D eigenvalue weighted by atomic mass is 16.5. The molecule has 0 radical (unpaired) electrons. The van der Waals surface area contributed by atoms with Crippen LogP contribution in [-0.4, -0.2) is 68.7 Å². The number of aliphatic hydroxyl groups is 4. The van der Waals surface area contributed by atoms with Crippen LogP contribution in [0.3, 0.4) is 0 Å². The molecule has 6 N–H and O–H groups in total. The van der Waals surface area contributed by atoms with E-state index in [0.29, 0.717) is 12.0 Å². The van der Waals surface area contributed by atoms with Crippen molar-refractivity contribution in [2.75, 3.05) is 6.61 Å². The molecule has 20 heavy (non-hydrogen) atoms. The Bertz CT molecular complexity index is 414. The molecule has 8 nitrogen and oxygen atoms in total. The van der Waals surface area contributed by atoms with Gasteiger partial charge < -0.3 is 35.8 Å². The zero-order valence-corrected chi connectivity index (χ0v) is 11.3. The Morgan fingerprint density at radius 1 is 1.55 bits per heavy atom. The standard InChI is InChI=1S/C12H21N3O5/c1-2-7(17)6-4-15(12(19)14-11(6)13)10-3-8(18)9(5-16)20-10/h4,7-10,12,16-19H,2-3,5H2,1H3,(H2,13,14). The summed E-state index contributed by atoms with van der Waals surface area (Å²) in [5.74, 6) is 0.0837. The number of ether oxygens (including phenoxy) is 1. The lowest BCUT2D eigenvalue weighted by molar-refractivity contribution is -0.111. The third kappa shape index (κ3) is 2.79. The Kier molecular flexibility index (Phi) is 4.61. The van der Waals surface area contributed by atoms with Crippen LogP contribution in [0.15, 0.2) is 16.8 Å². The van der Waals surface area contributed by atoms with Crippen LogP contribution in [0.25, 0.3) is 0 Å². The predicted molar refractivity (Wildman–Crippen MR) is 70.2 cm³/mol. The third-order valence-electron chi connectivity index (χ3n) is 3.57. The summed E-state index contributed by atoms with van der Waals surface area (Å²) >= 11 is 0. The molecule has 0 saturated carbocycles. The first-order chi connectivity index (χ1) is 9.47. The molecule has 114 valence electrons. The van der Waals surface area contributed by atoms with Crippen molar-refractivity contribution >= 4 is 5.84 Å². The van der Waals surface area contributed by atoms with E-state index in [2.05, 4.69) is 4.99 Å². The van der Waals surface area contributed by atoms with Crippen molar-refractivity contribution in [3.05, 3.63) is 11.8 Å². The molecule has 1 saturated heterocycles. The first kappa shape index (κ1) is 15.2. The molecule has 2 aliphatic rings. The van der Waals surface area contributed by atoms with Crippen LogP contribution in [0.2, 0.25) is 0 Å². The Hall–Kier alpha value is -1.19. The van der Waals surface area contributed by atoms with E-state index in [9.17, 15) is 15.3 Å². The highest BCUT2D eigenvalue weighted by Crippen LogP contribution is 2.27. The minimum absolute atomic E-state index is 0.0837. The summed E-state index contributed by atoms with van der Waals surface area (Å²) in [7, 11) is 0. The van der Waals surface area contributed by atoms with E-state index in [-0.39, 0.29) is 18.9 Å². The highest BCUT2D eigenvalue weighted by molar-refractivity contribution is 5.98. The molecule has 2 rings (SSSR count). The fourth-order valence-corrected chi connectivity index (χ4v) is 2.33. The molecule has 0 amide bonds. The van der Waals surface area contributed by atoms with Crippen molar-refractivity contribution in [1.29, 1.82) is 0 Å². The van der Waals surface area contributed by atoms with Crippen molar-refractivity contribution < 1.29 is 25.2 Å². The molecule has 2 aliphatic heterocycles. The first-order valence-electron chi connectivity index (χ1n) is 6.61. The molecule has 8 heteroatoms. The highest BCUT2D eigenvalue weighted by Gasteiger charge is 2.39. The average Bonchev–Trinajstić information content (AvgIpc) is 2.79. The zero-order chi connectivity index (χ0) is 14.9. The summed E-state index contributed by atoms with van der Waals surface area (Å²) in [4.78, 5) is 5.24. The zero-order valence-electron chi connectivity index (χ0n) is 11.3. The van der Waals surface area contributed by atoms with E-state index in [1.54, 1.807) is 6.92 Å². The van der Waals surface area contributed by atoms with Gasteiger partial charge in [0.25, 0.3) is 0 Å². The third-order valence-corrected chi connectivity index (χ3v) is 3.57. The number of nitrogens with zero attached hydrogens (tertiary/aromatic N) is 2. The Balaban J connectivity index is 2.17. The minimum Gasteiger partial charge on any atom is -0.394 e. The number of aliphatic imine (C=N–C) groups is 1. The van der Waals surface area contributed by atoms with Crippen molar-refractivity contribution in [2.24, 2.45) is 10.7 Å². The van der Waals surface area contributed by atoms with Crippen molar-refractivity contribution in [3.8, 4) is 0 Å². The molecular formula is C12H21N3O5. The molecule has 2 heterocycles. The summed E-state index contributed by atoms with van der Waals surface area (Å²) < 4.78 is 5.46. The van der Waals surface area contributed by atoms with E-state index >= 15 is 0 Å². The maximum atomic E-state index is 9.93. The summed E-state index contributed by atoms with van der Waals surface area (Å²) in [6.45, 7) is 1.49. The molecule has 0 aromatic rings. The molecular weight excluding hydrogens is 266 g/mol. The Morgan fingerprint density at radius 2 is 2.25 bits per heavy atom. The normalized spacial score (nSPS) is 35.8. The topological polar surface area (TPSA) is 132 Å². The lowest BCUT2D eigenvalue weighted by atomic mass is 10.1. The maximum Gasteiger partial charge on any atom is 0.229 e. The SMILES string of the molecule is CCC(O)C1=CN(C2CC(O)C(CO)O2)C(O)N=C1N. The van der Waals surface area contributed by atoms with Gasteiger partial charge in [0, 0.05) is 18.2 Å². The number of aliphatic hydroxyl groups excluding tert-OH is 4. The summed E-state index contributed by atoms with van der Waals surface area (Å²) in [6.07, 6.45) is -1.97. The van der Waals surface area contributed by atoms with E-state index in [4.69, 9.17) is 15.6 Å². The molecule has 0 aliphatic carbocycles. The van der Waals surface area contributed by atoms with Crippen LogP contribution < -0.4 is 5.73 Å². The second-order valence-electron chi connectivity index (χ2n) is 4.93. The van der Waals surface area contributed by atoms with Gasteiger partial charge in [-0.3, -0.25) is 0 Å². The lowest BCUT2D eigenvalue weighted by Crippen LogP contribution is -2.44. The van der Waals surface area contributed by atoms with Gasteiger partial charge in [0.05, 0.1) is 18.8 Å². The van der Waals surface area contributed by atoms with E-state index in [0.717, 1.165) is 0 Å². The largest absolute Gasteiger partial charge is 0.394 e. The minimum atomic E-state index is -1.24. The number of rotatable bonds is 4. The van der Waals surface area contributed by atoms with Crippen LogP contribution in [0.4, 0.5) is 0 Å². The van der Waals surface area contributed by atoms with Crippen molar-refractivity contribution in [3.63, 3.8) is 0 Å². The Labute approximate surface area is 116 Å². The molecule has 5 unspecified atom stereocenters. The number of hydrogen-bond acceptors (Lipinski definition) is 8. The second kappa shape index (κ2) is 6.06. The van der Waals surface area contributed by atoms with Gasteiger partial charge in [0.1, 0.15) is 18.2 Å². The van der Waals surface area contributed by atoms with Crippen molar-refractivity contribution in [2.45, 2.75) is 50.7 Å². The smallest absolute Gasteiger partial charge is 0.229 e. The van der Waals surface area contributed by atoms with Crippen LogP contribution in [-0.2, 0) is 4.74 Å². The van der Waals surface area contributed by atoms with Crippen LogP contribution in [0.1, 0.15) is 19.8 Å². The number of nitrogens with two attached hydrogens (primary N) is 1. The fourth-order valence-electron chi connectivity index (χ4n) is 2.33. The predicted octanol–water partition coefficient (Wildman–Crippen LogP) is -1.94. The van der Waals surface area contributed by atoms with Gasteiger partial charge in [-0.2, -0.15) is 0 Å². The molecule has 1 fully saturated rings. The van der Waals surface area contributed by atoms with E-state index in [1.165, 1.54) is 11.1 Å². The number of hydrogen-bond donors (Lipinski definition) is 5. The van der Waals surface area contributed by atoms with E-state index in [1.807, 2.05) is 0 Å². The van der Waals surface area contributed by atoms with Gasteiger partial charge >= 0.3 is 0 Å². The molecule has 5 atom stereocenters. The van der Waals surface area contributed by atoms with Gasteiger partial charge in [-0.1, -0.05) is 6.92 Å². The lowest BCUT2D eigenvalue weighted by Gasteiger charge is -2.34. The molecule has 0 spiro atoms. The van der Waals surface area contributed by atoms with Gasteiger partial charge in [-0.05, 0) is 6.42 Å². The van der Waals surface area contributed by atoms with Gasteiger partial charge in [-0.15, -0.1) is 0 Å². The summed E-state index contributed by atoms with van der Waals surface area (Å²) in [5, 5.41) is 38.6. The quantitative estimate of drug-likeness (QED) is 0.406. The van der Waals surface area contributed by atoms with Crippen LogP contribution in [0, 0.1) is 0 Å². The summed E-state index contributed by atoms with van der Waals surface area (Å²) in [5.41, 5.74) is 6.10. The van der Waals surface area contributed by atoms with Crippen molar-refractivity contribution in [1.82, 2.24) is 4.90 Å². The average molecular weight is 287 g/mol. The van der Waals surface area contributed by atoms with Gasteiger partial charge in [-0.25, -0.2) is 4.99 Å². The first-order valence-corrected chi connectivity index (χ1v) is 6.61. The number of amidine groups is 1. The maximum absolute atomic E-state index is 9.93. The van der Waals surface area contributed by atoms with Gasteiger partial charge in [0.15, 0.2) is 0 Å². The molecule has 0 aromatic heterocycles. The molecule has 0 bridgehead atoms. The molecule has 0 aromatic carbocycles. The van der Waals surface area contributed by atoms with Crippen LogP contribution >= 0.6 is 0 Å². The van der Waals surface area contributed by atoms with Gasteiger partial charge in [0.2, 0.25) is 6.35 Å². The fraction of sp³-hybridized carbons (Fsp3) is 0.750. The summed E-state index contributed by atoms with van der Waals surface area (Å²) in [6, 6.07) is 0. The Morgan fingerprint density at radius 3 is 2.80 bits per heavy atom. The van der Waals surface area contributed by atoms with Crippen LogP contribution in [0.5, 0.6) is 0 Å². The van der Waals surface area contributed by atoms with E-state index < -0.39 is 30.9 Å². The second-order valence-corrected chi connectivity index (χ2v) is 4.93.